The highest BCUT2D eigenvalue weighted by Gasteiger charge is 2.48. The van der Waals surface area contributed by atoms with Gasteiger partial charge in [0.25, 0.3) is 0 Å². The van der Waals surface area contributed by atoms with Crippen LogP contribution in [0.1, 0.15) is 11.1 Å². The van der Waals surface area contributed by atoms with Gasteiger partial charge in [-0.2, -0.15) is 0 Å². The zero-order chi connectivity index (χ0) is 17.9. The molecule has 2 aliphatic rings. The average Bonchev–Trinajstić information content (AvgIpc) is 2.97. The summed E-state index contributed by atoms with van der Waals surface area (Å²) in [6, 6.07) is 17.6. The molecule has 0 bridgehead atoms. The molecule has 138 valence electrons. The molecule has 4 rings (SSSR count). The van der Waals surface area contributed by atoms with E-state index in [1.54, 1.807) is 0 Å². The highest BCUT2D eigenvalue weighted by Crippen LogP contribution is 2.37. The number of aliphatic hydroxyl groups excluding tert-OH is 2. The number of aliphatic hydroxyl groups is 2. The van der Waals surface area contributed by atoms with Crippen LogP contribution in [-0.4, -0.2) is 46.7 Å². The first-order chi connectivity index (χ1) is 12.7. The van der Waals surface area contributed by atoms with E-state index < -0.39 is 29.9 Å². The van der Waals surface area contributed by atoms with Crippen LogP contribution in [-0.2, 0) is 27.4 Å². The second kappa shape index (κ2) is 8.08. The van der Waals surface area contributed by atoms with Crippen molar-refractivity contribution in [3.63, 3.8) is 0 Å². The molecule has 0 unspecified atom stereocenters. The lowest BCUT2D eigenvalue weighted by Gasteiger charge is -2.26. The van der Waals surface area contributed by atoms with Crippen LogP contribution in [0.5, 0.6) is 0 Å². The van der Waals surface area contributed by atoms with E-state index in [9.17, 15) is 10.2 Å². The molecule has 2 aromatic carbocycles. The van der Waals surface area contributed by atoms with Gasteiger partial charge in [0.15, 0.2) is 0 Å². The van der Waals surface area contributed by atoms with Gasteiger partial charge < -0.3 is 24.4 Å². The van der Waals surface area contributed by atoms with E-state index >= 15 is 0 Å². The van der Waals surface area contributed by atoms with E-state index in [4.69, 9.17) is 14.2 Å². The smallest absolute Gasteiger partial charge is 0.136 e. The molecule has 1 fully saturated rings. The van der Waals surface area contributed by atoms with E-state index in [1.165, 1.54) is 11.8 Å². The maximum atomic E-state index is 10.8. The van der Waals surface area contributed by atoms with Gasteiger partial charge >= 0.3 is 0 Å². The Morgan fingerprint density at radius 1 is 0.846 bits per heavy atom. The molecule has 0 saturated carbocycles. The van der Waals surface area contributed by atoms with Crippen molar-refractivity contribution in [3.8, 4) is 0 Å². The van der Waals surface area contributed by atoms with Gasteiger partial charge in [-0.25, -0.2) is 0 Å². The number of fused-ring (bicyclic) bond motifs is 2. The van der Waals surface area contributed by atoms with Crippen LogP contribution < -0.4 is 0 Å². The van der Waals surface area contributed by atoms with Crippen molar-refractivity contribution in [2.24, 2.45) is 0 Å². The van der Waals surface area contributed by atoms with Gasteiger partial charge in [-0.3, -0.25) is 0 Å². The van der Waals surface area contributed by atoms with Crippen molar-refractivity contribution in [1.29, 1.82) is 0 Å². The number of hydrogen-bond donors (Lipinski definition) is 2. The van der Waals surface area contributed by atoms with E-state index in [-0.39, 0.29) is 6.61 Å². The van der Waals surface area contributed by atoms with Gasteiger partial charge in [-0.15, -0.1) is 0 Å². The minimum absolute atomic E-state index is 0.133. The Labute approximate surface area is 156 Å². The van der Waals surface area contributed by atoms with Crippen LogP contribution in [0.25, 0.3) is 0 Å². The molecule has 0 radical (unpaired) electrons. The molecule has 0 aromatic heterocycles. The summed E-state index contributed by atoms with van der Waals surface area (Å²) >= 11 is 1.43. The fraction of sp³-hybridized carbons (Fsp3) is 0.400. The molecule has 5 atom stereocenters. The largest absolute Gasteiger partial charge is 0.388 e. The van der Waals surface area contributed by atoms with Crippen molar-refractivity contribution >= 4 is 11.8 Å². The first-order valence-corrected chi connectivity index (χ1v) is 9.60. The molecule has 0 spiro atoms. The fourth-order valence-corrected chi connectivity index (χ4v) is 4.37. The van der Waals surface area contributed by atoms with Crippen LogP contribution in [0.15, 0.2) is 59.5 Å². The lowest BCUT2D eigenvalue weighted by Crippen LogP contribution is -2.43. The Morgan fingerprint density at radius 2 is 1.54 bits per heavy atom. The third-order valence-corrected chi connectivity index (χ3v) is 5.87. The molecule has 1 saturated heterocycles. The van der Waals surface area contributed by atoms with Gasteiger partial charge in [0.1, 0.15) is 29.9 Å². The molecular formula is C20H22O5S. The summed E-state index contributed by atoms with van der Waals surface area (Å²) in [6.07, 6.45) is -2.94. The summed E-state index contributed by atoms with van der Waals surface area (Å²) in [5.74, 6) is 0. The van der Waals surface area contributed by atoms with E-state index in [0.29, 0.717) is 13.2 Å². The Balaban J connectivity index is 1.53. The average molecular weight is 374 g/mol. The van der Waals surface area contributed by atoms with Gasteiger partial charge in [0.2, 0.25) is 0 Å². The number of ether oxygens (including phenoxy) is 3. The summed E-state index contributed by atoms with van der Waals surface area (Å²) in [5, 5.41) is 21.3. The van der Waals surface area contributed by atoms with E-state index in [2.05, 4.69) is 0 Å². The fourth-order valence-electron chi connectivity index (χ4n) is 3.31. The summed E-state index contributed by atoms with van der Waals surface area (Å²) in [7, 11) is 0. The number of thioether (sulfide) groups is 1. The van der Waals surface area contributed by atoms with Crippen molar-refractivity contribution in [2.45, 2.75) is 48.0 Å². The first-order valence-electron chi connectivity index (χ1n) is 8.72. The minimum atomic E-state index is -0.860. The summed E-state index contributed by atoms with van der Waals surface area (Å²) < 4.78 is 17.7. The van der Waals surface area contributed by atoms with E-state index in [0.717, 1.165) is 16.0 Å². The number of rotatable bonds is 2. The molecule has 0 aliphatic carbocycles. The lowest BCUT2D eigenvalue weighted by molar-refractivity contribution is -0.112. The summed E-state index contributed by atoms with van der Waals surface area (Å²) in [6.45, 7) is 0.892. The zero-order valence-corrected chi connectivity index (χ0v) is 15.0. The van der Waals surface area contributed by atoms with Crippen LogP contribution in [0.3, 0.4) is 0 Å². The predicted molar refractivity (Wildman–Crippen MR) is 97.6 cm³/mol. The van der Waals surface area contributed by atoms with Crippen molar-refractivity contribution in [1.82, 2.24) is 0 Å². The first kappa shape index (κ1) is 18.0. The molecule has 5 nitrogen and oxygen atoms in total. The Kier molecular flexibility index (Phi) is 5.59. The molecule has 2 aliphatic heterocycles. The highest BCUT2D eigenvalue weighted by molar-refractivity contribution is 7.99. The second-order valence-electron chi connectivity index (χ2n) is 6.52. The SMILES string of the molecule is O[C@@H]1[C@H]2OCc3ccccc3COC[C@@H](O)[C@H]2O[C@@H]1Sc1ccccc1. The van der Waals surface area contributed by atoms with E-state index in [1.807, 2.05) is 54.6 Å². The molecular weight excluding hydrogens is 352 g/mol. The summed E-state index contributed by atoms with van der Waals surface area (Å²) in [5.41, 5.74) is 1.55. The lowest BCUT2D eigenvalue weighted by atomic mass is 10.0. The second-order valence-corrected chi connectivity index (χ2v) is 7.69. The van der Waals surface area contributed by atoms with Crippen LogP contribution in [0.4, 0.5) is 0 Å². The number of hydrogen-bond acceptors (Lipinski definition) is 6. The van der Waals surface area contributed by atoms with Gasteiger partial charge in [0.05, 0.1) is 19.8 Å². The van der Waals surface area contributed by atoms with Crippen molar-refractivity contribution < 1.29 is 24.4 Å². The quantitative estimate of drug-likeness (QED) is 0.841. The standard InChI is InChI=1S/C20H22O5S/c21-16-12-23-10-13-6-4-5-7-14(13)11-24-19-17(22)20(25-18(16)19)26-15-8-2-1-3-9-15/h1-9,16-22H,10-12H2/t16-,17-,18-,19-,20-/m1/s1. The summed E-state index contributed by atoms with van der Waals surface area (Å²) in [4.78, 5) is 0.997. The Hall–Kier alpha value is -1.41. The molecule has 2 heterocycles. The van der Waals surface area contributed by atoms with Crippen LogP contribution >= 0.6 is 11.8 Å². The molecule has 26 heavy (non-hydrogen) atoms. The highest BCUT2D eigenvalue weighted by atomic mass is 32.2. The van der Waals surface area contributed by atoms with Crippen molar-refractivity contribution in [2.75, 3.05) is 6.61 Å². The van der Waals surface area contributed by atoms with Gasteiger partial charge in [-0.05, 0) is 23.3 Å². The molecule has 0 amide bonds. The zero-order valence-electron chi connectivity index (χ0n) is 14.2. The third-order valence-electron chi connectivity index (χ3n) is 4.70. The third kappa shape index (κ3) is 3.81. The molecule has 2 N–H and O–H groups in total. The maximum Gasteiger partial charge on any atom is 0.136 e. The van der Waals surface area contributed by atoms with Gasteiger partial charge in [-0.1, -0.05) is 54.2 Å². The van der Waals surface area contributed by atoms with Crippen LogP contribution in [0, 0.1) is 0 Å². The topological polar surface area (TPSA) is 68.2 Å². The minimum Gasteiger partial charge on any atom is -0.388 e. The number of benzene rings is 2. The maximum absolute atomic E-state index is 10.8. The van der Waals surface area contributed by atoms with Crippen molar-refractivity contribution in [3.05, 3.63) is 65.7 Å². The monoisotopic (exact) mass is 374 g/mol. The predicted octanol–water partition coefficient (Wildman–Crippen LogP) is 2.34. The Morgan fingerprint density at radius 3 is 2.31 bits per heavy atom. The van der Waals surface area contributed by atoms with Gasteiger partial charge in [0, 0.05) is 4.90 Å². The normalized spacial score (nSPS) is 31.8. The molecule has 6 heteroatoms. The van der Waals surface area contributed by atoms with Crippen LogP contribution in [0.2, 0.25) is 0 Å². The Bertz CT molecular complexity index is 725. The molecule has 2 aromatic rings.